The highest BCUT2D eigenvalue weighted by Gasteiger charge is 2.18. The molecule has 2 rings (SSSR count). The summed E-state index contributed by atoms with van der Waals surface area (Å²) in [5, 5.41) is 4.32. The maximum Gasteiger partial charge on any atom is 0.0535 e. The van der Waals surface area contributed by atoms with E-state index in [2.05, 4.69) is 15.8 Å². The third-order valence-corrected chi connectivity index (χ3v) is 3.11. The summed E-state index contributed by atoms with van der Waals surface area (Å²) < 4.78 is 2.08. The van der Waals surface area contributed by atoms with Crippen LogP contribution in [0, 0.1) is 0 Å². The summed E-state index contributed by atoms with van der Waals surface area (Å²) in [6.45, 7) is 1.54. The van der Waals surface area contributed by atoms with Crippen molar-refractivity contribution in [3.05, 3.63) is 18.0 Å². The van der Waals surface area contributed by atoms with Gasteiger partial charge in [-0.25, -0.2) is 0 Å². The van der Waals surface area contributed by atoms with E-state index in [1.807, 2.05) is 6.20 Å². The van der Waals surface area contributed by atoms with Crippen molar-refractivity contribution in [1.29, 1.82) is 0 Å². The van der Waals surface area contributed by atoms with Gasteiger partial charge in [0.05, 0.1) is 6.54 Å². The normalized spacial score (nSPS) is 18.6. The van der Waals surface area contributed by atoms with E-state index in [1.54, 1.807) is 0 Å². The molecule has 1 saturated carbocycles. The lowest BCUT2D eigenvalue weighted by Gasteiger charge is -2.22. The van der Waals surface area contributed by atoms with Crippen LogP contribution in [0.5, 0.6) is 0 Å². The lowest BCUT2D eigenvalue weighted by atomic mass is 9.87. The van der Waals surface area contributed by atoms with Crippen molar-refractivity contribution in [3.8, 4) is 0 Å². The molecule has 78 valence electrons. The molecule has 1 heterocycles. The number of rotatable bonds is 3. The van der Waals surface area contributed by atoms with Gasteiger partial charge >= 0.3 is 0 Å². The largest absolute Gasteiger partial charge is 0.329 e. The van der Waals surface area contributed by atoms with Gasteiger partial charge in [0, 0.05) is 24.4 Å². The molecule has 1 aliphatic carbocycles. The van der Waals surface area contributed by atoms with Gasteiger partial charge in [0.25, 0.3) is 0 Å². The molecule has 0 aliphatic heterocycles. The number of nitrogens with zero attached hydrogens (tertiary/aromatic N) is 2. The molecule has 1 fully saturated rings. The van der Waals surface area contributed by atoms with Crippen molar-refractivity contribution in [1.82, 2.24) is 9.78 Å². The first kappa shape index (κ1) is 9.71. The Morgan fingerprint density at radius 1 is 1.36 bits per heavy atom. The number of hydrogen-bond donors (Lipinski definition) is 1. The molecule has 1 aromatic heterocycles. The highest BCUT2D eigenvalue weighted by Crippen LogP contribution is 2.32. The summed E-state index contributed by atoms with van der Waals surface area (Å²) in [5.41, 5.74) is 6.96. The third-order valence-electron chi connectivity index (χ3n) is 3.11. The molecular formula is C11H19N3. The van der Waals surface area contributed by atoms with Gasteiger partial charge in [0.15, 0.2) is 0 Å². The molecule has 3 nitrogen and oxygen atoms in total. The quantitative estimate of drug-likeness (QED) is 0.796. The SMILES string of the molecule is NCCn1nccc1C1CCCCC1. The highest BCUT2D eigenvalue weighted by atomic mass is 15.3. The van der Waals surface area contributed by atoms with Gasteiger partial charge in [-0.2, -0.15) is 5.10 Å². The van der Waals surface area contributed by atoms with Gasteiger partial charge in [0.2, 0.25) is 0 Å². The van der Waals surface area contributed by atoms with Crippen LogP contribution in [0.4, 0.5) is 0 Å². The lowest BCUT2D eigenvalue weighted by Crippen LogP contribution is -2.16. The fourth-order valence-corrected chi connectivity index (χ4v) is 2.40. The van der Waals surface area contributed by atoms with Gasteiger partial charge in [-0.1, -0.05) is 19.3 Å². The fourth-order valence-electron chi connectivity index (χ4n) is 2.40. The van der Waals surface area contributed by atoms with Crippen molar-refractivity contribution < 1.29 is 0 Å². The summed E-state index contributed by atoms with van der Waals surface area (Å²) in [4.78, 5) is 0. The van der Waals surface area contributed by atoms with E-state index in [0.717, 1.165) is 12.5 Å². The van der Waals surface area contributed by atoms with E-state index in [4.69, 9.17) is 5.73 Å². The molecule has 0 radical (unpaired) electrons. The average molecular weight is 193 g/mol. The molecule has 2 N–H and O–H groups in total. The lowest BCUT2D eigenvalue weighted by molar-refractivity contribution is 0.416. The Kier molecular flexibility index (Phi) is 3.19. The minimum Gasteiger partial charge on any atom is -0.329 e. The van der Waals surface area contributed by atoms with Gasteiger partial charge in [0.1, 0.15) is 0 Å². The predicted octanol–water partition coefficient (Wildman–Crippen LogP) is 1.89. The molecule has 1 aliphatic rings. The highest BCUT2D eigenvalue weighted by molar-refractivity contribution is 5.08. The molecule has 3 heteroatoms. The Morgan fingerprint density at radius 2 is 2.14 bits per heavy atom. The number of aromatic nitrogens is 2. The predicted molar refractivity (Wildman–Crippen MR) is 57.1 cm³/mol. The molecule has 0 spiro atoms. The van der Waals surface area contributed by atoms with E-state index in [0.29, 0.717) is 6.54 Å². The molecule has 14 heavy (non-hydrogen) atoms. The van der Waals surface area contributed by atoms with Crippen LogP contribution in [0.15, 0.2) is 12.3 Å². The van der Waals surface area contributed by atoms with Gasteiger partial charge in [-0.15, -0.1) is 0 Å². The summed E-state index contributed by atoms with van der Waals surface area (Å²) >= 11 is 0. The van der Waals surface area contributed by atoms with Gasteiger partial charge in [-0.3, -0.25) is 4.68 Å². The second-order valence-corrected chi connectivity index (χ2v) is 4.10. The molecule has 0 aromatic carbocycles. The maximum atomic E-state index is 5.56. The van der Waals surface area contributed by atoms with Crippen molar-refractivity contribution in [3.63, 3.8) is 0 Å². The first-order chi connectivity index (χ1) is 6.92. The van der Waals surface area contributed by atoms with Crippen LogP contribution < -0.4 is 5.73 Å². The van der Waals surface area contributed by atoms with E-state index in [9.17, 15) is 0 Å². The van der Waals surface area contributed by atoms with Crippen LogP contribution >= 0.6 is 0 Å². The Hall–Kier alpha value is -0.830. The van der Waals surface area contributed by atoms with Gasteiger partial charge in [-0.05, 0) is 18.9 Å². The number of hydrogen-bond acceptors (Lipinski definition) is 2. The first-order valence-corrected chi connectivity index (χ1v) is 5.63. The Bertz CT molecular complexity index is 274. The Labute approximate surface area is 85.3 Å². The van der Waals surface area contributed by atoms with Crippen molar-refractivity contribution in [2.75, 3.05) is 6.54 Å². The molecule has 1 aromatic rings. The molecule has 0 bridgehead atoms. The van der Waals surface area contributed by atoms with Crippen molar-refractivity contribution in [2.45, 2.75) is 44.6 Å². The summed E-state index contributed by atoms with van der Waals surface area (Å²) in [6.07, 6.45) is 8.71. The van der Waals surface area contributed by atoms with E-state index < -0.39 is 0 Å². The zero-order chi connectivity index (χ0) is 9.80. The van der Waals surface area contributed by atoms with E-state index in [-0.39, 0.29) is 0 Å². The third kappa shape index (κ3) is 1.98. The van der Waals surface area contributed by atoms with E-state index in [1.165, 1.54) is 37.8 Å². The fraction of sp³-hybridized carbons (Fsp3) is 0.727. The molecule has 0 unspecified atom stereocenters. The molecule has 0 atom stereocenters. The minimum atomic E-state index is 0.682. The van der Waals surface area contributed by atoms with Crippen LogP contribution in [-0.2, 0) is 6.54 Å². The van der Waals surface area contributed by atoms with Gasteiger partial charge < -0.3 is 5.73 Å². The van der Waals surface area contributed by atoms with Crippen LogP contribution in [0.2, 0.25) is 0 Å². The summed E-state index contributed by atoms with van der Waals surface area (Å²) in [6, 6.07) is 2.16. The zero-order valence-corrected chi connectivity index (χ0v) is 8.65. The monoisotopic (exact) mass is 193 g/mol. The standard InChI is InChI=1S/C11H19N3/c12-7-9-14-11(6-8-13-14)10-4-2-1-3-5-10/h6,8,10H,1-5,7,9,12H2. The zero-order valence-electron chi connectivity index (χ0n) is 8.65. The second-order valence-electron chi connectivity index (χ2n) is 4.10. The average Bonchev–Trinajstić information content (AvgIpc) is 2.68. The topological polar surface area (TPSA) is 43.8 Å². The summed E-state index contributed by atoms with van der Waals surface area (Å²) in [5.74, 6) is 0.734. The Balaban J connectivity index is 2.09. The minimum absolute atomic E-state index is 0.682. The van der Waals surface area contributed by atoms with Crippen molar-refractivity contribution >= 4 is 0 Å². The van der Waals surface area contributed by atoms with Crippen LogP contribution in [0.1, 0.15) is 43.7 Å². The number of nitrogens with two attached hydrogens (primary N) is 1. The van der Waals surface area contributed by atoms with Crippen LogP contribution in [0.25, 0.3) is 0 Å². The van der Waals surface area contributed by atoms with Crippen LogP contribution in [0.3, 0.4) is 0 Å². The smallest absolute Gasteiger partial charge is 0.0535 e. The van der Waals surface area contributed by atoms with Crippen LogP contribution in [-0.4, -0.2) is 16.3 Å². The van der Waals surface area contributed by atoms with E-state index >= 15 is 0 Å². The second kappa shape index (κ2) is 4.60. The van der Waals surface area contributed by atoms with Crippen molar-refractivity contribution in [2.24, 2.45) is 5.73 Å². The molecule has 0 amide bonds. The molecular weight excluding hydrogens is 174 g/mol. The maximum absolute atomic E-state index is 5.56. The Morgan fingerprint density at radius 3 is 2.86 bits per heavy atom. The molecule has 0 saturated heterocycles. The summed E-state index contributed by atoms with van der Waals surface area (Å²) in [7, 11) is 0. The first-order valence-electron chi connectivity index (χ1n) is 5.63.